The predicted octanol–water partition coefficient (Wildman–Crippen LogP) is 0.540. The van der Waals surface area contributed by atoms with Crippen molar-refractivity contribution in [1.29, 1.82) is 0 Å². The molecule has 0 aliphatic carbocycles. The van der Waals surface area contributed by atoms with Gasteiger partial charge in [-0.3, -0.25) is 4.57 Å². The van der Waals surface area contributed by atoms with Gasteiger partial charge in [-0.25, -0.2) is 4.68 Å². The summed E-state index contributed by atoms with van der Waals surface area (Å²) in [6, 6.07) is 0. The Kier molecular flexibility index (Phi) is 3.31. The van der Waals surface area contributed by atoms with E-state index in [9.17, 15) is 4.57 Å². The molecule has 0 aliphatic rings. The molecule has 0 atom stereocenters. The lowest BCUT2D eigenvalue weighted by Crippen LogP contribution is -2.10. The molecular weight excluding hydrogens is 207 g/mol. The first-order chi connectivity index (χ1) is 6.59. The van der Waals surface area contributed by atoms with E-state index in [0.29, 0.717) is 11.2 Å². The lowest BCUT2D eigenvalue weighted by atomic mass is 10.7. The van der Waals surface area contributed by atoms with Crippen LogP contribution in [0.2, 0.25) is 0 Å². The molecule has 1 rings (SSSR count). The third-order valence-corrected chi connectivity index (χ3v) is 3.69. The van der Waals surface area contributed by atoms with Crippen LogP contribution in [0.1, 0.15) is 0 Å². The molecule has 1 aromatic heterocycles. The Morgan fingerprint density at radius 2 is 1.93 bits per heavy atom. The highest BCUT2D eigenvalue weighted by molar-refractivity contribution is 7.62. The molecule has 0 fully saturated rings. The Morgan fingerprint density at radius 3 is 2.36 bits per heavy atom. The van der Waals surface area contributed by atoms with E-state index in [4.69, 9.17) is 13.8 Å². The lowest BCUT2D eigenvalue weighted by Gasteiger charge is -2.12. The highest BCUT2D eigenvalue weighted by Crippen LogP contribution is 2.47. The van der Waals surface area contributed by atoms with E-state index in [1.165, 1.54) is 32.2 Å². The SMILES string of the molecule is COc1c(P(=O)(OC)OC)cnn1C. The van der Waals surface area contributed by atoms with Crippen LogP contribution >= 0.6 is 7.60 Å². The molecule has 0 aromatic carbocycles. The van der Waals surface area contributed by atoms with Crippen molar-refractivity contribution in [2.24, 2.45) is 7.05 Å². The molecule has 0 radical (unpaired) electrons. The number of ether oxygens (including phenoxy) is 1. The molecule has 0 spiro atoms. The fraction of sp³-hybridized carbons (Fsp3) is 0.571. The van der Waals surface area contributed by atoms with Crippen LogP contribution in [0.3, 0.4) is 0 Å². The monoisotopic (exact) mass is 220 g/mol. The second kappa shape index (κ2) is 4.13. The molecule has 80 valence electrons. The highest BCUT2D eigenvalue weighted by Gasteiger charge is 2.31. The Bertz CT molecular complexity index is 355. The Morgan fingerprint density at radius 1 is 1.36 bits per heavy atom. The summed E-state index contributed by atoms with van der Waals surface area (Å²) in [5.41, 5.74) is 0. The number of hydrogen-bond donors (Lipinski definition) is 0. The summed E-state index contributed by atoms with van der Waals surface area (Å²) in [6.07, 6.45) is 1.41. The number of hydrogen-bond acceptors (Lipinski definition) is 5. The second-order valence-corrected chi connectivity index (χ2v) is 4.73. The fourth-order valence-corrected chi connectivity index (χ4v) is 2.32. The Balaban J connectivity index is 3.24. The lowest BCUT2D eigenvalue weighted by molar-refractivity contribution is 0.285. The van der Waals surface area contributed by atoms with Crippen molar-refractivity contribution in [3.05, 3.63) is 6.20 Å². The van der Waals surface area contributed by atoms with E-state index in [1.54, 1.807) is 7.05 Å². The summed E-state index contributed by atoms with van der Waals surface area (Å²) in [5, 5.41) is 4.24. The molecule has 0 amide bonds. The molecule has 0 N–H and O–H groups in total. The molecule has 7 heteroatoms. The zero-order valence-electron chi connectivity index (χ0n) is 8.55. The van der Waals surface area contributed by atoms with Crippen molar-refractivity contribution in [3.8, 4) is 5.88 Å². The topological polar surface area (TPSA) is 62.6 Å². The van der Waals surface area contributed by atoms with E-state index >= 15 is 0 Å². The van der Waals surface area contributed by atoms with Crippen molar-refractivity contribution in [2.75, 3.05) is 21.3 Å². The van der Waals surface area contributed by atoms with Gasteiger partial charge in [0, 0.05) is 21.3 Å². The molecule has 0 unspecified atom stereocenters. The predicted molar refractivity (Wildman–Crippen MR) is 51.0 cm³/mol. The molecule has 1 heterocycles. The first kappa shape index (κ1) is 11.2. The average molecular weight is 220 g/mol. The van der Waals surface area contributed by atoms with Crippen molar-refractivity contribution >= 4 is 12.9 Å². The number of methoxy groups -OCH3 is 1. The summed E-state index contributed by atoms with van der Waals surface area (Å²) in [7, 11) is 2.50. The summed E-state index contributed by atoms with van der Waals surface area (Å²) < 4.78 is 28.1. The van der Waals surface area contributed by atoms with Crippen LogP contribution in [0, 0.1) is 0 Å². The van der Waals surface area contributed by atoms with Crippen LogP contribution in [-0.4, -0.2) is 31.1 Å². The minimum atomic E-state index is -3.28. The molecule has 6 nitrogen and oxygen atoms in total. The van der Waals surface area contributed by atoms with Gasteiger partial charge in [-0.1, -0.05) is 0 Å². The van der Waals surface area contributed by atoms with Crippen molar-refractivity contribution in [2.45, 2.75) is 0 Å². The molecule has 0 bridgehead atoms. The number of nitrogens with zero attached hydrogens (tertiary/aromatic N) is 2. The summed E-state index contributed by atoms with van der Waals surface area (Å²) in [4.78, 5) is 0. The van der Waals surface area contributed by atoms with E-state index in [1.807, 2.05) is 0 Å². The van der Waals surface area contributed by atoms with Crippen LogP contribution < -0.4 is 10.0 Å². The van der Waals surface area contributed by atoms with E-state index in [2.05, 4.69) is 5.10 Å². The smallest absolute Gasteiger partial charge is 0.367 e. The molecule has 14 heavy (non-hydrogen) atoms. The van der Waals surface area contributed by atoms with Gasteiger partial charge in [0.25, 0.3) is 0 Å². The standard InChI is InChI=1S/C7H13N2O4P/c1-9-7(11-2)6(5-8-9)14(10,12-3)13-4/h5H,1-4H3. The van der Waals surface area contributed by atoms with Gasteiger partial charge in [0.15, 0.2) is 0 Å². The zero-order valence-corrected chi connectivity index (χ0v) is 9.45. The van der Waals surface area contributed by atoms with Crippen LogP contribution in [-0.2, 0) is 20.7 Å². The average Bonchev–Trinajstić information content (AvgIpc) is 2.58. The van der Waals surface area contributed by atoms with Crippen LogP contribution in [0.4, 0.5) is 0 Å². The maximum absolute atomic E-state index is 12.0. The third-order valence-electron chi connectivity index (χ3n) is 1.84. The first-order valence-electron chi connectivity index (χ1n) is 3.87. The maximum Gasteiger partial charge on any atom is 0.367 e. The molecule has 0 saturated carbocycles. The third kappa shape index (κ3) is 1.68. The summed E-state index contributed by atoms with van der Waals surface area (Å²) in [6.45, 7) is 0. The van der Waals surface area contributed by atoms with E-state index in [-0.39, 0.29) is 0 Å². The maximum atomic E-state index is 12.0. The van der Waals surface area contributed by atoms with Gasteiger partial charge in [-0.15, -0.1) is 0 Å². The van der Waals surface area contributed by atoms with Crippen molar-refractivity contribution in [3.63, 3.8) is 0 Å². The molecule has 1 aromatic rings. The number of rotatable bonds is 4. The van der Waals surface area contributed by atoms with E-state index < -0.39 is 7.60 Å². The normalized spacial score (nSPS) is 11.7. The molecule has 0 saturated heterocycles. The van der Waals surface area contributed by atoms with Crippen molar-refractivity contribution in [1.82, 2.24) is 9.78 Å². The molecule has 0 aliphatic heterocycles. The van der Waals surface area contributed by atoms with Gasteiger partial charge >= 0.3 is 7.60 Å². The summed E-state index contributed by atoms with van der Waals surface area (Å²) in [5.74, 6) is 0.372. The minimum Gasteiger partial charge on any atom is -0.481 e. The summed E-state index contributed by atoms with van der Waals surface area (Å²) >= 11 is 0. The van der Waals surface area contributed by atoms with E-state index in [0.717, 1.165) is 0 Å². The van der Waals surface area contributed by atoms with Gasteiger partial charge in [-0.2, -0.15) is 5.10 Å². The Labute approximate surface area is 82.3 Å². The van der Waals surface area contributed by atoms with Gasteiger partial charge < -0.3 is 13.8 Å². The number of aryl methyl sites for hydroxylation is 1. The Hall–Kier alpha value is -0.840. The second-order valence-electron chi connectivity index (χ2n) is 2.53. The molecular formula is C7H13N2O4P. The van der Waals surface area contributed by atoms with Gasteiger partial charge in [0.05, 0.1) is 13.3 Å². The van der Waals surface area contributed by atoms with Crippen LogP contribution in [0.15, 0.2) is 6.20 Å². The zero-order chi connectivity index (χ0) is 10.8. The fourth-order valence-electron chi connectivity index (χ4n) is 1.11. The number of aromatic nitrogens is 2. The van der Waals surface area contributed by atoms with Crippen LogP contribution in [0.25, 0.3) is 0 Å². The van der Waals surface area contributed by atoms with Gasteiger partial charge in [0.2, 0.25) is 5.88 Å². The van der Waals surface area contributed by atoms with Gasteiger partial charge in [0.1, 0.15) is 5.30 Å². The quantitative estimate of drug-likeness (QED) is 0.693. The van der Waals surface area contributed by atoms with Crippen molar-refractivity contribution < 1.29 is 18.3 Å². The largest absolute Gasteiger partial charge is 0.481 e. The van der Waals surface area contributed by atoms with Crippen LogP contribution in [0.5, 0.6) is 5.88 Å². The minimum absolute atomic E-state index is 0.326. The highest BCUT2D eigenvalue weighted by atomic mass is 31.2. The first-order valence-corrected chi connectivity index (χ1v) is 5.41. The van der Waals surface area contributed by atoms with Gasteiger partial charge in [-0.05, 0) is 0 Å².